The van der Waals surface area contributed by atoms with E-state index < -0.39 is 0 Å². The highest BCUT2D eigenvalue weighted by Crippen LogP contribution is 2.48. The van der Waals surface area contributed by atoms with Gasteiger partial charge in [-0.25, -0.2) is 0 Å². The van der Waals surface area contributed by atoms with Gasteiger partial charge < -0.3 is 10.0 Å². The molecule has 0 saturated heterocycles. The molecule has 1 N–H and O–H groups in total. The van der Waals surface area contributed by atoms with Crippen molar-refractivity contribution in [2.24, 2.45) is 0 Å². The van der Waals surface area contributed by atoms with Gasteiger partial charge in [-0.2, -0.15) is 0 Å². The van der Waals surface area contributed by atoms with Gasteiger partial charge in [0.25, 0.3) is 0 Å². The van der Waals surface area contributed by atoms with Crippen LogP contribution in [-0.4, -0.2) is 22.6 Å². The van der Waals surface area contributed by atoms with Crippen molar-refractivity contribution in [2.75, 3.05) is 11.4 Å². The SMILES string of the molecule is CC(Cl)C1CN(C(C)(C)C)c2cc(O)c3ccccc3c21. The molecule has 0 saturated carbocycles. The summed E-state index contributed by atoms with van der Waals surface area (Å²) >= 11 is 6.48. The van der Waals surface area contributed by atoms with Crippen LogP contribution in [0.4, 0.5) is 5.69 Å². The first-order chi connectivity index (χ1) is 9.80. The zero-order valence-corrected chi connectivity index (χ0v) is 13.8. The summed E-state index contributed by atoms with van der Waals surface area (Å²) in [4.78, 5) is 2.36. The fourth-order valence-electron chi connectivity index (χ4n) is 3.37. The van der Waals surface area contributed by atoms with Crippen LogP contribution in [0.2, 0.25) is 0 Å². The number of aromatic hydroxyl groups is 1. The van der Waals surface area contributed by atoms with Crippen molar-refractivity contribution in [2.45, 2.75) is 44.5 Å². The van der Waals surface area contributed by atoms with Crippen molar-refractivity contribution in [3.63, 3.8) is 0 Å². The quantitative estimate of drug-likeness (QED) is 0.759. The number of halogens is 1. The molecule has 1 aliphatic rings. The summed E-state index contributed by atoms with van der Waals surface area (Å²) in [6.07, 6.45) is 0. The first-order valence-corrected chi connectivity index (χ1v) is 7.90. The lowest BCUT2D eigenvalue weighted by atomic mass is 9.92. The van der Waals surface area contributed by atoms with Gasteiger partial charge >= 0.3 is 0 Å². The van der Waals surface area contributed by atoms with E-state index in [2.05, 4.69) is 38.7 Å². The van der Waals surface area contributed by atoms with Crippen LogP contribution in [0.25, 0.3) is 10.8 Å². The Morgan fingerprint density at radius 1 is 1.24 bits per heavy atom. The number of hydrogen-bond acceptors (Lipinski definition) is 2. The number of hydrogen-bond donors (Lipinski definition) is 1. The molecule has 0 amide bonds. The maximum absolute atomic E-state index is 10.4. The molecular weight excluding hydrogens is 282 g/mol. The van der Waals surface area contributed by atoms with E-state index in [4.69, 9.17) is 11.6 Å². The van der Waals surface area contributed by atoms with Gasteiger partial charge in [-0.3, -0.25) is 0 Å². The Balaban J connectivity index is 2.32. The fourth-order valence-corrected chi connectivity index (χ4v) is 3.58. The lowest BCUT2D eigenvalue weighted by Crippen LogP contribution is -2.41. The van der Waals surface area contributed by atoms with E-state index in [9.17, 15) is 5.11 Å². The highest BCUT2D eigenvalue weighted by molar-refractivity contribution is 6.21. The smallest absolute Gasteiger partial charge is 0.125 e. The lowest BCUT2D eigenvalue weighted by molar-refractivity contribution is 0.479. The third-order valence-electron chi connectivity index (χ3n) is 4.45. The van der Waals surface area contributed by atoms with Crippen molar-refractivity contribution < 1.29 is 5.11 Å². The van der Waals surface area contributed by atoms with Crippen LogP contribution in [-0.2, 0) is 0 Å². The van der Waals surface area contributed by atoms with Gasteiger partial charge in [0.05, 0.1) is 0 Å². The molecule has 1 heterocycles. The molecular formula is C18H22ClNO. The summed E-state index contributed by atoms with van der Waals surface area (Å²) in [5.74, 6) is 0.632. The van der Waals surface area contributed by atoms with E-state index in [-0.39, 0.29) is 16.8 Å². The first-order valence-electron chi connectivity index (χ1n) is 7.47. The number of rotatable bonds is 1. The molecule has 2 aromatic carbocycles. The topological polar surface area (TPSA) is 23.5 Å². The number of phenols is 1. The number of anilines is 1. The van der Waals surface area contributed by atoms with Crippen molar-refractivity contribution in [3.8, 4) is 5.75 Å². The Kier molecular flexibility index (Phi) is 3.32. The molecule has 2 unspecified atom stereocenters. The number of benzene rings is 2. The van der Waals surface area contributed by atoms with E-state index in [1.165, 1.54) is 5.56 Å². The van der Waals surface area contributed by atoms with Crippen molar-refractivity contribution >= 4 is 28.1 Å². The summed E-state index contributed by atoms with van der Waals surface area (Å²) in [5, 5.41) is 12.5. The minimum absolute atomic E-state index is 0.00414. The molecule has 0 fully saturated rings. The minimum Gasteiger partial charge on any atom is -0.507 e. The van der Waals surface area contributed by atoms with Crippen LogP contribution in [0, 0.1) is 0 Å². The highest BCUT2D eigenvalue weighted by Gasteiger charge is 2.38. The van der Waals surface area contributed by atoms with E-state index in [1.807, 2.05) is 24.3 Å². The van der Waals surface area contributed by atoms with Gasteiger partial charge in [0.2, 0.25) is 0 Å². The second-order valence-electron chi connectivity index (χ2n) is 6.94. The van der Waals surface area contributed by atoms with Gasteiger partial charge in [-0.1, -0.05) is 24.3 Å². The predicted molar refractivity (Wildman–Crippen MR) is 90.8 cm³/mol. The molecule has 3 rings (SSSR count). The third-order valence-corrected chi connectivity index (χ3v) is 4.75. The third kappa shape index (κ3) is 2.26. The number of nitrogens with zero attached hydrogens (tertiary/aromatic N) is 1. The van der Waals surface area contributed by atoms with Crippen LogP contribution < -0.4 is 4.90 Å². The summed E-state index contributed by atoms with van der Waals surface area (Å²) < 4.78 is 0. The van der Waals surface area contributed by atoms with E-state index in [0.717, 1.165) is 23.0 Å². The monoisotopic (exact) mass is 303 g/mol. The van der Waals surface area contributed by atoms with Crippen molar-refractivity contribution in [1.82, 2.24) is 0 Å². The molecule has 0 aromatic heterocycles. The molecule has 0 radical (unpaired) electrons. The van der Waals surface area contributed by atoms with E-state index in [0.29, 0.717) is 5.75 Å². The van der Waals surface area contributed by atoms with Crippen LogP contribution >= 0.6 is 11.6 Å². The second kappa shape index (κ2) is 4.81. The zero-order valence-electron chi connectivity index (χ0n) is 13.0. The molecule has 0 spiro atoms. The molecule has 3 heteroatoms. The summed E-state index contributed by atoms with van der Waals surface area (Å²) in [5.41, 5.74) is 2.40. The molecule has 1 aliphatic heterocycles. The summed E-state index contributed by atoms with van der Waals surface area (Å²) in [7, 11) is 0. The highest BCUT2D eigenvalue weighted by atomic mass is 35.5. The van der Waals surface area contributed by atoms with E-state index >= 15 is 0 Å². The van der Waals surface area contributed by atoms with Crippen LogP contribution in [0.5, 0.6) is 5.75 Å². The molecule has 0 aliphatic carbocycles. The second-order valence-corrected chi connectivity index (χ2v) is 7.63. The Hall–Kier alpha value is -1.41. The largest absolute Gasteiger partial charge is 0.507 e. The van der Waals surface area contributed by atoms with Gasteiger partial charge in [-0.15, -0.1) is 11.6 Å². The van der Waals surface area contributed by atoms with Crippen LogP contribution in [0.1, 0.15) is 39.2 Å². The van der Waals surface area contributed by atoms with Gasteiger partial charge in [0.15, 0.2) is 0 Å². The number of alkyl halides is 1. The summed E-state index contributed by atoms with van der Waals surface area (Å²) in [6, 6.07) is 9.96. The van der Waals surface area contributed by atoms with Gasteiger partial charge in [0, 0.05) is 40.5 Å². The Bertz CT molecular complexity index is 687. The average Bonchev–Trinajstić information content (AvgIpc) is 2.78. The van der Waals surface area contributed by atoms with Gasteiger partial charge in [-0.05, 0) is 38.6 Å². The summed E-state index contributed by atoms with van der Waals surface area (Å²) in [6.45, 7) is 9.56. The first kappa shape index (κ1) is 14.5. The van der Waals surface area contributed by atoms with E-state index in [1.54, 1.807) is 0 Å². The molecule has 2 aromatic rings. The van der Waals surface area contributed by atoms with Gasteiger partial charge in [0.1, 0.15) is 5.75 Å². The average molecular weight is 304 g/mol. The zero-order chi connectivity index (χ0) is 15.4. The fraction of sp³-hybridized carbons (Fsp3) is 0.444. The number of fused-ring (bicyclic) bond motifs is 3. The van der Waals surface area contributed by atoms with Crippen LogP contribution in [0.3, 0.4) is 0 Å². The molecule has 112 valence electrons. The maximum Gasteiger partial charge on any atom is 0.125 e. The van der Waals surface area contributed by atoms with Crippen LogP contribution in [0.15, 0.2) is 30.3 Å². The molecule has 0 bridgehead atoms. The lowest BCUT2D eigenvalue weighted by Gasteiger charge is -2.35. The van der Waals surface area contributed by atoms with Crippen molar-refractivity contribution in [3.05, 3.63) is 35.9 Å². The normalized spacial score (nSPS) is 19.9. The standard InChI is InChI=1S/C18H22ClNO/c1-11(19)14-10-20(18(2,3)4)15-9-16(21)12-7-5-6-8-13(12)17(14)15/h5-9,11,14,21H,10H2,1-4H3. The predicted octanol–water partition coefficient (Wildman–Crippen LogP) is 4.87. The maximum atomic E-state index is 10.4. The Labute approximate surface area is 131 Å². The number of phenolic OH excluding ortho intramolecular Hbond substituents is 1. The minimum atomic E-state index is 0.00414. The van der Waals surface area contributed by atoms with Crippen molar-refractivity contribution in [1.29, 1.82) is 0 Å². The molecule has 21 heavy (non-hydrogen) atoms. The molecule has 2 atom stereocenters. The Morgan fingerprint density at radius 2 is 1.86 bits per heavy atom. The Morgan fingerprint density at radius 3 is 2.43 bits per heavy atom. The molecule has 2 nitrogen and oxygen atoms in total.